The Morgan fingerprint density at radius 2 is 2.29 bits per heavy atom. The van der Waals surface area contributed by atoms with E-state index in [1.54, 1.807) is 6.92 Å². The molecule has 1 fully saturated rings. The topological polar surface area (TPSA) is 52.9 Å². The Balaban J connectivity index is 2.41. The molecule has 1 amide bonds. The maximum absolute atomic E-state index is 11.4. The van der Waals surface area contributed by atoms with Crippen molar-refractivity contribution >= 4 is 5.91 Å². The van der Waals surface area contributed by atoms with Crippen LogP contribution < -0.4 is 5.32 Å². The minimum absolute atomic E-state index is 0.129. The number of rotatable bonds is 2. The van der Waals surface area contributed by atoms with Gasteiger partial charge < -0.3 is 5.32 Å². The average molecular weight is 194 g/mol. The Bertz CT molecular complexity index is 265. The number of hydrogen-bond donors (Lipinski definition) is 1. The quantitative estimate of drug-likeness (QED) is 0.729. The molecule has 0 heterocycles. The zero-order chi connectivity index (χ0) is 10.8. The van der Waals surface area contributed by atoms with Crippen LogP contribution >= 0.6 is 0 Å². The highest BCUT2D eigenvalue weighted by Gasteiger charge is 2.32. The molecule has 3 heteroatoms. The van der Waals surface area contributed by atoms with E-state index in [4.69, 9.17) is 5.26 Å². The van der Waals surface area contributed by atoms with Crippen molar-refractivity contribution in [2.45, 2.75) is 46.1 Å². The molecule has 0 radical (unpaired) electrons. The normalized spacial score (nSPS) is 26.6. The fourth-order valence-electron chi connectivity index (χ4n) is 1.94. The van der Waals surface area contributed by atoms with Gasteiger partial charge in [-0.2, -0.15) is 5.26 Å². The van der Waals surface area contributed by atoms with Gasteiger partial charge in [-0.1, -0.05) is 13.8 Å². The molecule has 2 atom stereocenters. The zero-order valence-electron chi connectivity index (χ0n) is 9.13. The van der Waals surface area contributed by atoms with Crippen molar-refractivity contribution in [3.05, 3.63) is 0 Å². The average Bonchev–Trinajstić information content (AvgIpc) is 2.44. The lowest BCUT2D eigenvalue weighted by atomic mass is 9.92. The Labute approximate surface area is 85.5 Å². The van der Waals surface area contributed by atoms with Gasteiger partial charge in [-0.3, -0.25) is 4.79 Å². The first kappa shape index (κ1) is 11.0. The molecule has 2 unspecified atom stereocenters. The van der Waals surface area contributed by atoms with Crippen LogP contribution in [0.5, 0.6) is 0 Å². The maximum atomic E-state index is 11.4. The van der Waals surface area contributed by atoms with E-state index in [1.165, 1.54) is 0 Å². The van der Waals surface area contributed by atoms with E-state index >= 15 is 0 Å². The number of nitrogens with zero attached hydrogens (tertiary/aromatic N) is 1. The summed E-state index contributed by atoms with van der Waals surface area (Å²) in [5, 5.41) is 11.5. The number of carbonyl (C=O) groups excluding carboxylic acids is 1. The summed E-state index contributed by atoms with van der Waals surface area (Å²) in [5.74, 6) is -0.658. The van der Waals surface area contributed by atoms with E-state index in [-0.39, 0.29) is 11.9 Å². The molecule has 0 aliphatic heterocycles. The van der Waals surface area contributed by atoms with Gasteiger partial charge >= 0.3 is 0 Å². The van der Waals surface area contributed by atoms with Gasteiger partial charge in [-0.05, 0) is 31.6 Å². The number of amides is 1. The third-order valence-corrected chi connectivity index (χ3v) is 2.90. The third-order valence-electron chi connectivity index (χ3n) is 2.90. The Morgan fingerprint density at radius 1 is 1.64 bits per heavy atom. The molecule has 14 heavy (non-hydrogen) atoms. The van der Waals surface area contributed by atoms with Crippen molar-refractivity contribution in [3.63, 3.8) is 0 Å². The molecule has 0 aromatic carbocycles. The predicted octanol–water partition coefficient (Wildman–Crippen LogP) is 1.84. The van der Waals surface area contributed by atoms with Gasteiger partial charge in [0.1, 0.15) is 5.92 Å². The molecule has 0 bridgehead atoms. The number of carbonyl (C=O) groups is 1. The van der Waals surface area contributed by atoms with E-state index in [2.05, 4.69) is 19.2 Å². The van der Waals surface area contributed by atoms with Gasteiger partial charge in [0, 0.05) is 6.04 Å². The van der Waals surface area contributed by atoms with Crippen LogP contribution in [0.4, 0.5) is 0 Å². The predicted molar refractivity (Wildman–Crippen MR) is 54.3 cm³/mol. The first-order chi connectivity index (χ1) is 6.44. The summed E-state index contributed by atoms with van der Waals surface area (Å²) in [6.07, 6.45) is 3.21. The lowest BCUT2D eigenvalue weighted by molar-refractivity contribution is -0.123. The number of hydrogen-bond acceptors (Lipinski definition) is 2. The number of nitriles is 1. The van der Waals surface area contributed by atoms with Crippen LogP contribution in [0.1, 0.15) is 40.0 Å². The molecule has 3 nitrogen and oxygen atoms in total. The van der Waals surface area contributed by atoms with Crippen molar-refractivity contribution in [2.75, 3.05) is 0 Å². The minimum atomic E-state index is -0.529. The van der Waals surface area contributed by atoms with E-state index in [9.17, 15) is 4.79 Å². The smallest absolute Gasteiger partial charge is 0.237 e. The molecule has 1 aliphatic carbocycles. The summed E-state index contributed by atoms with van der Waals surface area (Å²) >= 11 is 0. The van der Waals surface area contributed by atoms with Gasteiger partial charge in [0.05, 0.1) is 6.07 Å². The van der Waals surface area contributed by atoms with Crippen LogP contribution in [0.3, 0.4) is 0 Å². The highest BCUT2D eigenvalue weighted by molar-refractivity contribution is 5.80. The highest BCUT2D eigenvalue weighted by atomic mass is 16.1. The second kappa shape index (κ2) is 4.00. The van der Waals surface area contributed by atoms with Gasteiger partial charge in [0.2, 0.25) is 5.91 Å². The molecule has 1 saturated carbocycles. The Hall–Kier alpha value is -1.04. The first-order valence-electron chi connectivity index (χ1n) is 5.14. The van der Waals surface area contributed by atoms with Crippen molar-refractivity contribution < 1.29 is 4.79 Å². The molecular weight excluding hydrogens is 176 g/mol. The molecule has 1 aliphatic rings. The summed E-state index contributed by atoms with van der Waals surface area (Å²) in [5.41, 5.74) is 0.341. The Kier molecular flexibility index (Phi) is 3.15. The summed E-state index contributed by atoms with van der Waals surface area (Å²) in [7, 11) is 0. The van der Waals surface area contributed by atoms with E-state index in [1.807, 2.05) is 6.07 Å². The van der Waals surface area contributed by atoms with Crippen LogP contribution in [0.15, 0.2) is 0 Å². The fraction of sp³-hybridized carbons (Fsp3) is 0.818. The second-order valence-electron chi connectivity index (χ2n) is 4.96. The van der Waals surface area contributed by atoms with Crippen molar-refractivity contribution in [2.24, 2.45) is 11.3 Å². The molecule has 1 N–H and O–H groups in total. The van der Waals surface area contributed by atoms with Gasteiger partial charge in [0.25, 0.3) is 0 Å². The SMILES string of the molecule is CC(C#N)C(=O)NC1CCC(C)(C)C1. The van der Waals surface area contributed by atoms with Gasteiger partial charge in [0.15, 0.2) is 0 Å². The maximum Gasteiger partial charge on any atom is 0.237 e. The zero-order valence-corrected chi connectivity index (χ0v) is 9.13. The van der Waals surface area contributed by atoms with E-state index < -0.39 is 5.92 Å². The first-order valence-corrected chi connectivity index (χ1v) is 5.14. The largest absolute Gasteiger partial charge is 0.352 e. The summed E-state index contributed by atoms with van der Waals surface area (Å²) in [6, 6.07) is 2.22. The summed E-state index contributed by atoms with van der Waals surface area (Å²) < 4.78 is 0. The lowest BCUT2D eigenvalue weighted by Crippen LogP contribution is -2.36. The molecule has 0 saturated heterocycles. The molecule has 78 valence electrons. The highest BCUT2D eigenvalue weighted by Crippen LogP contribution is 2.36. The second-order valence-corrected chi connectivity index (χ2v) is 4.96. The number of nitrogens with one attached hydrogen (secondary N) is 1. The van der Waals surface area contributed by atoms with E-state index in [0.29, 0.717) is 5.41 Å². The standard InChI is InChI=1S/C11H18N2O/c1-8(7-12)10(14)13-9-4-5-11(2,3)6-9/h8-9H,4-6H2,1-3H3,(H,13,14). The fourth-order valence-corrected chi connectivity index (χ4v) is 1.94. The summed E-state index contributed by atoms with van der Waals surface area (Å²) in [4.78, 5) is 11.4. The summed E-state index contributed by atoms with van der Waals surface area (Å²) in [6.45, 7) is 6.06. The third kappa shape index (κ3) is 2.73. The van der Waals surface area contributed by atoms with E-state index in [0.717, 1.165) is 19.3 Å². The molecule has 0 aromatic rings. The van der Waals surface area contributed by atoms with Crippen molar-refractivity contribution in [1.29, 1.82) is 5.26 Å². The van der Waals surface area contributed by atoms with Crippen LogP contribution in [-0.2, 0) is 4.79 Å². The lowest BCUT2D eigenvalue weighted by Gasteiger charge is -2.18. The molecule has 0 aromatic heterocycles. The van der Waals surface area contributed by atoms with Crippen molar-refractivity contribution in [1.82, 2.24) is 5.32 Å². The van der Waals surface area contributed by atoms with Crippen molar-refractivity contribution in [3.8, 4) is 6.07 Å². The van der Waals surface area contributed by atoms with Gasteiger partial charge in [-0.15, -0.1) is 0 Å². The Morgan fingerprint density at radius 3 is 2.71 bits per heavy atom. The van der Waals surface area contributed by atoms with Crippen LogP contribution in [-0.4, -0.2) is 11.9 Å². The monoisotopic (exact) mass is 194 g/mol. The van der Waals surface area contributed by atoms with Crippen LogP contribution in [0.25, 0.3) is 0 Å². The molecule has 0 spiro atoms. The van der Waals surface area contributed by atoms with Crippen LogP contribution in [0.2, 0.25) is 0 Å². The van der Waals surface area contributed by atoms with Crippen LogP contribution in [0, 0.1) is 22.7 Å². The minimum Gasteiger partial charge on any atom is -0.352 e. The van der Waals surface area contributed by atoms with Gasteiger partial charge in [-0.25, -0.2) is 0 Å². The molecular formula is C11H18N2O. The molecule has 1 rings (SSSR count).